The summed E-state index contributed by atoms with van der Waals surface area (Å²) in [5.41, 5.74) is 7.20. The largest absolute Gasteiger partial charge is 0.403 e. The van der Waals surface area contributed by atoms with E-state index in [1.807, 2.05) is 18.5 Å². The molecule has 0 aliphatic heterocycles. The molecule has 0 atom stereocenters. The summed E-state index contributed by atoms with van der Waals surface area (Å²) in [6, 6.07) is 29.9. The summed E-state index contributed by atoms with van der Waals surface area (Å²) >= 11 is 0. The third kappa shape index (κ3) is 4.72. The lowest BCUT2D eigenvalue weighted by molar-refractivity contribution is 0.319. The van der Waals surface area contributed by atoms with Gasteiger partial charge >= 0.3 is 0 Å². The van der Waals surface area contributed by atoms with Crippen LogP contribution in [0, 0.1) is 6.92 Å². The van der Waals surface area contributed by atoms with E-state index in [4.69, 9.17) is 4.43 Å². The van der Waals surface area contributed by atoms with Crippen LogP contribution in [0.2, 0.25) is 0 Å². The number of H-pyrrole nitrogens is 1. The lowest BCUT2D eigenvalue weighted by atomic mass is 9.82. The van der Waals surface area contributed by atoms with Gasteiger partial charge in [0.25, 0.3) is 9.04 Å². The monoisotopic (exact) mass is 475 g/mol. The first kappa shape index (κ1) is 23.3. The van der Waals surface area contributed by atoms with Crippen molar-refractivity contribution in [1.82, 2.24) is 9.97 Å². The second kappa shape index (κ2) is 9.65. The van der Waals surface area contributed by atoms with Crippen LogP contribution in [-0.2, 0) is 16.4 Å². The second-order valence-corrected chi connectivity index (χ2v) is 12.1. The van der Waals surface area contributed by atoms with Crippen LogP contribution in [0.3, 0.4) is 0 Å². The van der Waals surface area contributed by atoms with Crippen LogP contribution in [0.1, 0.15) is 37.5 Å². The molecule has 2 aromatic heterocycles. The molecule has 0 aliphatic carbocycles. The van der Waals surface area contributed by atoms with Crippen molar-refractivity contribution < 1.29 is 4.43 Å². The molecule has 35 heavy (non-hydrogen) atoms. The zero-order valence-electron chi connectivity index (χ0n) is 20.8. The summed E-state index contributed by atoms with van der Waals surface area (Å²) in [6.45, 7) is 9.61. The van der Waals surface area contributed by atoms with E-state index >= 15 is 0 Å². The van der Waals surface area contributed by atoms with E-state index in [9.17, 15) is 0 Å². The molecule has 0 saturated heterocycles. The van der Waals surface area contributed by atoms with Crippen LogP contribution in [0.4, 0.5) is 0 Å². The van der Waals surface area contributed by atoms with Gasteiger partial charge in [0.15, 0.2) is 0 Å². The van der Waals surface area contributed by atoms with Crippen LogP contribution in [0.25, 0.3) is 22.2 Å². The summed E-state index contributed by atoms with van der Waals surface area (Å²) in [5.74, 6) is 0. The fourth-order valence-corrected chi connectivity index (χ4v) is 6.79. The maximum absolute atomic E-state index is 6.89. The lowest BCUT2D eigenvalue weighted by Crippen LogP contribution is -2.44. The Morgan fingerprint density at radius 1 is 0.829 bits per heavy atom. The third-order valence-corrected chi connectivity index (χ3v) is 8.66. The number of benzene rings is 3. The molecule has 0 saturated carbocycles. The average molecular weight is 476 g/mol. The number of rotatable bonds is 6. The highest BCUT2D eigenvalue weighted by atomic mass is 28.3. The number of hydrogen-bond acceptors (Lipinski definition) is 2. The van der Waals surface area contributed by atoms with Gasteiger partial charge < -0.3 is 9.41 Å². The predicted octanol–water partition coefficient (Wildman–Crippen LogP) is 6.16. The van der Waals surface area contributed by atoms with Gasteiger partial charge in [0, 0.05) is 28.9 Å². The molecule has 4 heteroatoms. The molecular formula is C31H31N2OSi. The topological polar surface area (TPSA) is 37.9 Å². The molecule has 5 aromatic rings. The number of nitrogens with zero attached hydrogens (tertiary/aromatic N) is 1. The molecular weight excluding hydrogens is 444 g/mol. The Morgan fingerprint density at radius 3 is 2.06 bits per heavy atom. The van der Waals surface area contributed by atoms with Crippen LogP contribution in [-0.4, -0.2) is 19.0 Å². The van der Waals surface area contributed by atoms with E-state index in [2.05, 4.69) is 117 Å². The van der Waals surface area contributed by atoms with Crippen molar-refractivity contribution in [3.05, 3.63) is 114 Å². The number of hydrogen-bond donors (Lipinski definition) is 1. The molecule has 1 N–H and O–H groups in total. The number of pyridine rings is 1. The maximum Gasteiger partial charge on any atom is 0.283 e. The van der Waals surface area contributed by atoms with Crippen LogP contribution >= 0.6 is 0 Å². The SMILES string of the molecule is Cc1c(-c2cccnc2)[nH]c2ccc(C(C)(C)C)c(CO[Si](c3ccccc3)c3ccccc3)c12. The second-order valence-electron chi connectivity index (χ2n) is 9.98. The normalized spacial score (nSPS) is 11.9. The van der Waals surface area contributed by atoms with Gasteiger partial charge in [0.1, 0.15) is 0 Å². The minimum Gasteiger partial charge on any atom is -0.403 e. The van der Waals surface area contributed by atoms with Crippen LogP contribution < -0.4 is 10.4 Å². The van der Waals surface area contributed by atoms with Crippen molar-refractivity contribution in [2.75, 3.05) is 0 Å². The van der Waals surface area contributed by atoms with E-state index in [1.165, 1.54) is 32.5 Å². The molecule has 0 spiro atoms. The highest BCUT2D eigenvalue weighted by Crippen LogP contribution is 2.37. The number of aryl methyl sites for hydroxylation is 1. The van der Waals surface area contributed by atoms with Crippen molar-refractivity contribution in [3.63, 3.8) is 0 Å². The Hall–Kier alpha value is -3.47. The van der Waals surface area contributed by atoms with Gasteiger partial charge in [-0.3, -0.25) is 4.98 Å². The van der Waals surface area contributed by atoms with E-state index < -0.39 is 9.04 Å². The maximum atomic E-state index is 6.89. The van der Waals surface area contributed by atoms with Crippen molar-refractivity contribution >= 4 is 30.3 Å². The Labute approximate surface area is 209 Å². The quantitative estimate of drug-likeness (QED) is 0.299. The van der Waals surface area contributed by atoms with Gasteiger partial charge in [-0.05, 0) is 57.6 Å². The smallest absolute Gasteiger partial charge is 0.283 e. The lowest BCUT2D eigenvalue weighted by Gasteiger charge is -2.25. The van der Waals surface area contributed by atoms with E-state index in [0.717, 1.165) is 16.8 Å². The number of nitrogens with one attached hydrogen (secondary N) is 1. The summed E-state index contributed by atoms with van der Waals surface area (Å²) in [6.07, 6.45) is 3.74. The molecule has 5 rings (SSSR count). The van der Waals surface area contributed by atoms with Gasteiger partial charge in [0.2, 0.25) is 0 Å². The fraction of sp³-hybridized carbons (Fsp3) is 0.194. The minimum absolute atomic E-state index is 0.00252. The number of aromatic nitrogens is 2. The highest BCUT2D eigenvalue weighted by Gasteiger charge is 2.25. The van der Waals surface area contributed by atoms with Crippen LogP contribution in [0.5, 0.6) is 0 Å². The van der Waals surface area contributed by atoms with Gasteiger partial charge in [-0.25, -0.2) is 0 Å². The zero-order valence-corrected chi connectivity index (χ0v) is 21.8. The summed E-state index contributed by atoms with van der Waals surface area (Å²) in [4.78, 5) is 8.00. The van der Waals surface area contributed by atoms with E-state index in [-0.39, 0.29) is 5.41 Å². The Balaban J connectivity index is 1.62. The van der Waals surface area contributed by atoms with Gasteiger partial charge in [-0.2, -0.15) is 0 Å². The summed E-state index contributed by atoms with van der Waals surface area (Å²) < 4.78 is 6.89. The molecule has 175 valence electrons. The molecule has 2 heterocycles. The van der Waals surface area contributed by atoms with E-state index in [0.29, 0.717) is 6.61 Å². The zero-order chi connectivity index (χ0) is 24.4. The molecule has 0 unspecified atom stereocenters. The van der Waals surface area contributed by atoms with Crippen molar-refractivity contribution in [1.29, 1.82) is 0 Å². The molecule has 0 fully saturated rings. The summed E-state index contributed by atoms with van der Waals surface area (Å²) in [7, 11) is -1.40. The number of fused-ring (bicyclic) bond motifs is 1. The first-order valence-electron chi connectivity index (χ1n) is 12.1. The van der Waals surface area contributed by atoms with Gasteiger partial charge in [-0.1, -0.05) is 87.5 Å². The third-order valence-electron chi connectivity index (χ3n) is 6.51. The first-order valence-corrected chi connectivity index (χ1v) is 13.5. The highest BCUT2D eigenvalue weighted by molar-refractivity contribution is 6.80. The van der Waals surface area contributed by atoms with Gasteiger partial charge in [0.05, 0.1) is 12.3 Å². The minimum atomic E-state index is -1.40. The van der Waals surface area contributed by atoms with Crippen molar-refractivity contribution in [2.45, 2.75) is 39.7 Å². The Bertz CT molecular complexity index is 1380. The van der Waals surface area contributed by atoms with E-state index in [1.54, 1.807) is 0 Å². The average Bonchev–Trinajstić information content (AvgIpc) is 3.22. The first-order chi connectivity index (χ1) is 16.9. The van der Waals surface area contributed by atoms with Crippen molar-refractivity contribution in [3.8, 4) is 11.3 Å². The van der Waals surface area contributed by atoms with Crippen LogP contribution in [0.15, 0.2) is 97.3 Å². The molecule has 3 nitrogen and oxygen atoms in total. The predicted molar refractivity (Wildman–Crippen MR) is 148 cm³/mol. The molecule has 3 aromatic carbocycles. The molecule has 0 amide bonds. The Morgan fingerprint density at radius 2 is 1.49 bits per heavy atom. The fourth-order valence-electron chi connectivity index (χ4n) is 4.84. The standard InChI is InChI=1S/C31H31N2OSi/c1-22-29-26(21-34-35(24-13-7-5-8-14-24)25-15-9-6-10-16-25)27(31(2,3)4)17-18-28(29)33-30(22)23-12-11-19-32-20-23/h5-20,33H,21H2,1-4H3. The molecule has 1 radical (unpaired) electrons. The Kier molecular flexibility index (Phi) is 6.42. The summed E-state index contributed by atoms with van der Waals surface area (Å²) in [5, 5.41) is 3.78. The van der Waals surface area contributed by atoms with Crippen molar-refractivity contribution in [2.24, 2.45) is 0 Å². The molecule has 0 aliphatic rings. The van der Waals surface area contributed by atoms with Gasteiger partial charge in [-0.15, -0.1) is 0 Å². The number of aromatic amines is 1. The molecule has 0 bridgehead atoms.